The van der Waals surface area contributed by atoms with Crippen molar-refractivity contribution in [2.24, 2.45) is 0 Å². The average molecular weight is 258 g/mol. The lowest BCUT2D eigenvalue weighted by atomic mass is 10.1. The fraction of sp³-hybridized carbons (Fsp3) is 0.0588. The summed E-state index contributed by atoms with van der Waals surface area (Å²) in [5.74, 6) is 0. The molecular formula is C17H12N3+. The first-order valence-electron chi connectivity index (χ1n) is 6.55. The van der Waals surface area contributed by atoms with Gasteiger partial charge in [-0.1, -0.05) is 24.3 Å². The molecule has 1 aliphatic rings. The molecule has 0 spiro atoms. The van der Waals surface area contributed by atoms with Crippen LogP contribution < -0.4 is 0 Å². The molecule has 94 valence electrons. The number of benzene rings is 2. The summed E-state index contributed by atoms with van der Waals surface area (Å²) in [6.45, 7) is 0.735. The van der Waals surface area contributed by atoms with Crippen molar-refractivity contribution in [1.29, 1.82) is 5.26 Å². The maximum Gasteiger partial charge on any atom is 0.228 e. The van der Waals surface area contributed by atoms with Crippen LogP contribution >= 0.6 is 0 Å². The van der Waals surface area contributed by atoms with E-state index in [4.69, 9.17) is 0 Å². The Morgan fingerprint density at radius 2 is 1.95 bits per heavy atom. The van der Waals surface area contributed by atoms with Crippen molar-refractivity contribution >= 4 is 22.8 Å². The van der Waals surface area contributed by atoms with Crippen LogP contribution in [-0.2, 0) is 6.67 Å². The maximum atomic E-state index is 9.26. The van der Waals surface area contributed by atoms with E-state index >= 15 is 0 Å². The molecule has 1 aromatic heterocycles. The van der Waals surface area contributed by atoms with Crippen LogP contribution in [0.25, 0.3) is 10.9 Å². The second kappa shape index (κ2) is 4.07. The highest BCUT2D eigenvalue weighted by Crippen LogP contribution is 2.26. The zero-order valence-electron chi connectivity index (χ0n) is 10.8. The molecule has 0 saturated carbocycles. The number of nitrogens with zero attached hydrogens (tertiary/aromatic N) is 3. The minimum atomic E-state index is 0.700. The number of aromatic nitrogens is 1. The van der Waals surface area contributed by atoms with Gasteiger partial charge >= 0.3 is 0 Å². The lowest BCUT2D eigenvalue weighted by molar-refractivity contribution is -0.472. The van der Waals surface area contributed by atoms with Gasteiger partial charge in [0.25, 0.3) is 0 Å². The van der Waals surface area contributed by atoms with E-state index in [9.17, 15) is 5.26 Å². The molecule has 0 bridgehead atoms. The maximum absolute atomic E-state index is 9.26. The van der Waals surface area contributed by atoms with Gasteiger partial charge in [-0.15, -0.1) is 0 Å². The van der Waals surface area contributed by atoms with E-state index in [1.54, 1.807) is 0 Å². The second-order valence-electron chi connectivity index (χ2n) is 4.94. The smallest absolute Gasteiger partial charge is 0.228 e. The quantitative estimate of drug-likeness (QED) is 0.616. The van der Waals surface area contributed by atoms with Gasteiger partial charge in [-0.2, -0.15) is 9.84 Å². The van der Waals surface area contributed by atoms with E-state index in [-0.39, 0.29) is 0 Å². The molecule has 2 aromatic carbocycles. The van der Waals surface area contributed by atoms with E-state index in [2.05, 4.69) is 51.9 Å². The largest absolute Gasteiger partial charge is 0.291 e. The van der Waals surface area contributed by atoms with Crippen molar-refractivity contribution in [3.05, 3.63) is 65.9 Å². The second-order valence-corrected chi connectivity index (χ2v) is 4.94. The van der Waals surface area contributed by atoms with Crippen LogP contribution in [0.3, 0.4) is 0 Å². The summed E-state index contributed by atoms with van der Waals surface area (Å²) < 4.78 is 4.35. The SMILES string of the molecule is N#Cc1ccccc1[N+]1=Cc2cccc3ccn(c23)C1. The van der Waals surface area contributed by atoms with E-state index in [1.165, 1.54) is 16.5 Å². The molecule has 20 heavy (non-hydrogen) atoms. The summed E-state index contributed by atoms with van der Waals surface area (Å²) in [7, 11) is 0. The molecule has 3 heteroatoms. The lowest BCUT2D eigenvalue weighted by Gasteiger charge is -2.13. The van der Waals surface area contributed by atoms with Gasteiger partial charge in [-0.05, 0) is 18.2 Å². The Morgan fingerprint density at radius 3 is 2.85 bits per heavy atom. The summed E-state index contributed by atoms with van der Waals surface area (Å²) >= 11 is 0. The molecule has 0 fully saturated rings. The monoisotopic (exact) mass is 258 g/mol. The minimum Gasteiger partial charge on any atom is -0.291 e. The number of rotatable bonds is 1. The van der Waals surface area contributed by atoms with Crippen LogP contribution in [0.2, 0.25) is 0 Å². The standard InChI is InChI=1S/C17H12N3/c18-10-14-4-1-2-7-16(14)20-11-15-6-3-5-13-8-9-19(12-20)17(13)15/h1-9,11H,12H2/q+1. The van der Waals surface area contributed by atoms with Gasteiger partial charge in [0.05, 0.1) is 11.1 Å². The fourth-order valence-electron chi connectivity index (χ4n) is 2.85. The first-order chi connectivity index (χ1) is 9.86. The predicted octanol–water partition coefficient (Wildman–Crippen LogP) is 3.25. The third kappa shape index (κ3) is 1.49. The van der Waals surface area contributed by atoms with Crippen LogP contribution in [0.15, 0.2) is 54.7 Å². The van der Waals surface area contributed by atoms with Crippen LogP contribution in [0.4, 0.5) is 5.69 Å². The first kappa shape index (κ1) is 11.0. The van der Waals surface area contributed by atoms with Gasteiger partial charge in [-0.25, -0.2) is 0 Å². The molecule has 0 unspecified atom stereocenters. The minimum absolute atomic E-state index is 0.700. The van der Waals surface area contributed by atoms with E-state index in [0.29, 0.717) is 5.56 Å². The number of hydrogen-bond donors (Lipinski definition) is 0. The van der Waals surface area contributed by atoms with Crippen LogP contribution in [-0.4, -0.2) is 15.4 Å². The van der Waals surface area contributed by atoms with E-state index < -0.39 is 0 Å². The van der Waals surface area contributed by atoms with Gasteiger partial charge in [0.2, 0.25) is 12.4 Å². The third-order valence-electron chi connectivity index (χ3n) is 3.75. The molecule has 1 aliphatic heterocycles. The Labute approximate surface area is 116 Å². The summed E-state index contributed by atoms with van der Waals surface area (Å²) in [6, 6.07) is 18.4. The van der Waals surface area contributed by atoms with Gasteiger partial charge in [0, 0.05) is 17.6 Å². The number of hydrogen-bond acceptors (Lipinski definition) is 1. The van der Waals surface area contributed by atoms with Gasteiger partial charge in [0.15, 0.2) is 6.21 Å². The molecule has 0 atom stereocenters. The lowest BCUT2D eigenvalue weighted by Crippen LogP contribution is -2.18. The normalized spacial score (nSPS) is 13.1. The highest BCUT2D eigenvalue weighted by atomic mass is 15.2. The Balaban J connectivity index is 1.95. The third-order valence-corrected chi connectivity index (χ3v) is 3.75. The molecule has 3 nitrogen and oxygen atoms in total. The molecule has 2 heterocycles. The van der Waals surface area contributed by atoms with E-state index in [1.807, 2.05) is 24.3 Å². The molecule has 0 N–H and O–H groups in total. The molecule has 0 radical (unpaired) electrons. The summed E-state index contributed by atoms with van der Waals surface area (Å²) in [5, 5.41) is 10.5. The fourth-order valence-corrected chi connectivity index (χ4v) is 2.85. The Bertz CT molecular complexity index is 894. The average Bonchev–Trinajstić information content (AvgIpc) is 2.92. The zero-order valence-corrected chi connectivity index (χ0v) is 10.8. The van der Waals surface area contributed by atoms with Crippen molar-refractivity contribution in [1.82, 2.24) is 4.57 Å². The topological polar surface area (TPSA) is 31.7 Å². The van der Waals surface area contributed by atoms with Crippen molar-refractivity contribution in [3.63, 3.8) is 0 Å². The van der Waals surface area contributed by atoms with Gasteiger partial charge in [-0.3, -0.25) is 4.57 Å². The van der Waals surface area contributed by atoms with Crippen molar-refractivity contribution in [2.45, 2.75) is 6.67 Å². The summed E-state index contributed by atoms with van der Waals surface area (Å²) in [5.41, 5.74) is 4.10. The van der Waals surface area contributed by atoms with Crippen LogP contribution in [0.5, 0.6) is 0 Å². The van der Waals surface area contributed by atoms with Crippen molar-refractivity contribution < 1.29 is 4.58 Å². The van der Waals surface area contributed by atoms with Gasteiger partial charge < -0.3 is 0 Å². The Kier molecular flexibility index (Phi) is 2.24. The van der Waals surface area contributed by atoms with Crippen molar-refractivity contribution in [2.75, 3.05) is 0 Å². The molecule has 0 aliphatic carbocycles. The molecule has 0 saturated heterocycles. The Hall–Kier alpha value is -2.86. The predicted molar refractivity (Wildman–Crippen MR) is 78.2 cm³/mol. The molecule has 4 rings (SSSR count). The summed E-state index contributed by atoms with van der Waals surface area (Å²) in [6.07, 6.45) is 4.22. The zero-order chi connectivity index (χ0) is 13.5. The van der Waals surface area contributed by atoms with E-state index in [0.717, 1.165) is 12.4 Å². The molecule has 3 aromatic rings. The van der Waals surface area contributed by atoms with Crippen LogP contribution in [0, 0.1) is 11.3 Å². The highest BCUT2D eigenvalue weighted by Gasteiger charge is 2.21. The number of nitriles is 1. The highest BCUT2D eigenvalue weighted by molar-refractivity contribution is 5.97. The van der Waals surface area contributed by atoms with Gasteiger partial charge in [0.1, 0.15) is 11.6 Å². The number of para-hydroxylation sites is 2. The molecular weight excluding hydrogens is 246 g/mol. The Morgan fingerprint density at radius 1 is 1.05 bits per heavy atom. The summed E-state index contributed by atoms with van der Waals surface area (Å²) in [4.78, 5) is 0. The molecule has 0 amide bonds. The first-order valence-corrected chi connectivity index (χ1v) is 6.55. The van der Waals surface area contributed by atoms with Crippen molar-refractivity contribution in [3.8, 4) is 6.07 Å². The van der Waals surface area contributed by atoms with Crippen LogP contribution in [0.1, 0.15) is 11.1 Å².